The Morgan fingerprint density at radius 2 is 2.08 bits per heavy atom. The Bertz CT molecular complexity index is 163. The van der Waals surface area contributed by atoms with Gasteiger partial charge in [-0.05, 0) is 40.7 Å². The molecule has 0 bridgehead atoms. The molecular formula is C11H24N2. The summed E-state index contributed by atoms with van der Waals surface area (Å²) in [6.07, 6.45) is 1.28. The van der Waals surface area contributed by atoms with Crippen LogP contribution in [0.5, 0.6) is 0 Å². The molecule has 1 saturated heterocycles. The number of likely N-dealkylation sites (N-methyl/N-ethyl adjacent to an activating group) is 1. The lowest BCUT2D eigenvalue weighted by Gasteiger charge is -2.31. The minimum absolute atomic E-state index is 0.340. The average Bonchev–Trinajstić information content (AvgIpc) is 2.31. The van der Waals surface area contributed by atoms with Crippen LogP contribution < -0.4 is 5.32 Å². The second kappa shape index (κ2) is 3.97. The van der Waals surface area contributed by atoms with E-state index in [0.717, 1.165) is 12.6 Å². The molecule has 0 aliphatic carbocycles. The molecule has 1 aliphatic heterocycles. The van der Waals surface area contributed by atoms with E-state index >= 15 is 0 Å². The summed E-state index contributed by atoms with van der Waals surface area (Å²) in [4.78, 5) is 2.59. The molecule has 0 spiro atoms. The zero-order chi connectivity index (χ0) is 10.1. The summed E-state index contributed by atoms with van der Waals surface area (Å²) in [6, 6.07) is 1.41. The molecule has 1 atom stereocenters. The Hall–Kier alpha value is -0.0800. The average molecular weight is 184 g/mol. The van der Waals surface area contributed by atoms with Crippen LogP contribution in [-0.2, 0) is 0 Å². The van der Waals surface area contributed by atoms with Gasteiger partial charge in [0.25, 0.3) is 0 Å². The van der Waals surface area contributed by atoms with E-state index in [0.29, 0.717) is 11.6 Å². The van der Waals surface area contributed by atoms with Crippen molar-refractivity contribution in [1.29, 1.82) is 0 Å². The van der Waals surface area contributed by atoms with Crippen LogP contribution in [0.25, 0.3) is 0 Å². The van der Waals surface area contributed by atoms with E-state index in [9.17, 15) is 0 Å². The minimum atomic E-state index is 0.340. The van der Waals surface area contributed by atoms with E-state index in [4.69, 9.17) is 0 Å². The molecule has 1 rings (SSSR count). The Kier molecular flexibility index (Phi) is 3.36. The lowest BCUT2D eigenvalue weighted by atomic mass is 10.00. The first-order valence-electron chi connectivity index (χ1n) is 5.47. The van der Waals surface area contributed by atoms with Gasteiger partial charge in [-0.15, -0.1) is 0 Å². The third-order valence-electron chi connectivity index (χ3n) is 3.06. The van der Waals surface area contributed by atoms with Crippen molar-refractivity contribution in [2.75, 3.05) is 13.1 Å². The molecule has 1 fully saturated rings. The molecule has 1 aliphatic rings. The minimum Gasteiger partial charge on any atom is -0.310 e. The maximum absolute atomic E-state index is 3.57. The highest BCUT2D eigenvalue weighted by molar-refractivity contribution is 4.94. The monoisotopic (exact) mass is 184 g/mol. The fraction of sp³-hybridized carbons (Fsp3) is 1.00. The maximum Gasteiger partial charge on any atom is 0.0240 e. The van der Waals surface area contributed by atoms with E-state index < -0.39 is 0 Å². The first kappa shape index (κ1) is 11.0. The van der Waals surface area contributed by atoms with Gasteiger partial charge in [0.2, 0.25) is 0 Å². The van der Waals surface area contributed by atoms with Crippen LogP contribution in [-0.4, -0.2) is 35.6 Å². The molecule has 1 unspecified atom stereocenters. The van der Waals surface area contributed by atoms with Gasteiger partial charge in [-0.3, -0.25) is 4.90 Å². The molecule has 2 heteroatoms. The standard InChI is InChI=1S/C11H24N2/c1-6-13(9(2)3)10-7-11(4,5)12-8-10/h9-10,12H,6-8H2,1-5H3. The second-order valence-corrected chi connectivity index (χ2v) is 5.05. The molecule has 0 saturated carbocycles. The highest BCUT2D eigenvalue weighted by Crippen LogP contribution is 2.23. The predicted octanol–water partition coefficient (Wildman–Crippen LogP) is 1.86. The maximum atomic E-state index is 3.57. The second-order valence-electron chi connectivity index (χ2n) is 5.05. The Morgan fingerprint density at radius 3 is 2.38 bits per heavy atom. The van der Waals surface area contributed by atoms with Crippen LogP contribution in [0.4, 0.5) is 0 Å². The van der Waals surface area contributed by atoms with Crippen LogP contribution in [0.1, 0.15) is 41.0 Å². The molecular weight excluding hydrogens is 160 g/mol. The van der Waals surface area contributed by atoms with Gasteiger partial charge in [0.15, 0.2) is 0 Å². The molecule has 0 aromatic heterocycles. The molecule has 0 aromatic rings. The summed E-state index contributed by atoms with van der Waals surface area (Å²) in [5.41, 5.74) is 0.340. The third kappa shape index (κ3) is 2.68. The molecule has 78 valence electrons. The van der Waals surface area contributed by atoms with Gasteiger partial charge in [-0.1, -0.05) is 6.92 Å². The van der Waals surface area contributed by atoms with E-state index in [1.165, 1.54) is 13.0 Å². The largest absolute Gasteiger partial charge is 0.310 e. The molecule has 1 heterocycles. The summed E-state index contributed by atoms with van der Waals surface area (Å²) in [7, 11) is 0. The summed E-state index contributed by atoms with van der Waals surface area (Å²) >= 11 is 0. The van der Waals surface area contributed by atoms with E-state index in [1.807, 2.05) is 0 Å². The third-order valence-corrected chi connectivity index (χ3v) is 3.06. The van der Waals surface area contributed by atoms with Gasteiger partial charge >= 0.3 is 0 Å². The zero-order valence-electron chi connectivity index (χ0n) is 9.72. The fourth-order valence-corrected chi connectivity index (χ4v) is 2.41. The number of hydrogen-bond donors (Lipinski definition) is 1. The molecule has 0 radical (unpaired) electrons. The highest BCUT2D eigenvalue weighted by Gasteiger charge is 2.33. The zero-order valence-corrected chi connectivity index (χ0v) is 9.72. The summed E-state index contributed by atoms with van der Waals surface area (Å²) < 4.78 is 0. The van der Waals surface area contributed by atoms with Gasteiger partial charge in [0, 0.05) is 24.2 Å². The van der Waals surface area contributed by atoms with Crippen molar-refractivity contribution in [1.82, 2.24) is 10.2 Å². The first-order chi connectivity index (χ1) is 5.96. The Morgan fingerprint density at radius 1 is 1.46 bits per heavy atom. The van der Waals surface area contributed by atoms with E-state index in [-0.39, 0.29) is 0 Å². The van der Waals surface area contributed by atoms with Crippen LogP contribution >= 0.6 is 0 Å². The SMILES string of the molecule is CCN(C(C)C)C1CNC(C)(C)C1. The van der Waals surface area contributed by atoms with Crippen molar-refractivity contribution >= 4 is 0 Å². The van der Waals surface area contributed by atoms with Crippen LogP contribution in [0, 0.1) is 0 Å². The predicted molar refractivity (Wildman–Crippen MR) is 58.0 cm³/mol. The van der Waals surface area contributed by atoms with Gasteiger partial charge in [-0.25, -0.2) is 0 Å². The topological polar surface area (TPSA) is 15.3 Å². The molecule has 13 heavy (non-hydrogen) atoms. The Labute approximate surface area is 82.7 Å². The van der Waals surface area contributed by atoms with Crippen molar-refractivity contribution in [3.05, 3.63) is 0 Å². The quantitative estimate of drug-likeness (QED) is 0.720. The molecule has 2 nitrogen and oxygen atoms in total. The number of nitrogens with one attached hydrogen (secondary N) is 1. The van der Waals surface area contributed by atoms with Crippen molar-refractivity contribution in [3.63, 3.8) is 0 Å². The van der Waals surface area contributed by atoms with Crippen molar-refractivity contribution in [3.8, 4) is 0 Å². The van der Waals surface area contributed by atoms with Gasteiger partial charge in [0.05, 0.1) is 0 Å². The fourth-order valence-electron chi connectivity index (χ4n) is 2.41. The number of rotatable bonds is 3. The van der Waals surface area contributed by atoms with Crippen molar-refractivity contribution in [2.24, 2.45) is 0 Å². The van der Waals surface area contributed by atoms with Crippen molar-refractivity contribution < 1.29 is 0 Å². The summed E-state index contributed by atoms with van der Waals surface area (Å²) in [5, 5.41) is 3.57. The van der Waals surface area contributed by atoms with Crippen LogP contribution in [0.3, 0.4) is 0 Å². The molecule has 0 amide bonds. The van der Waals surface area contributed by atoms with Gasteiger partial charge in [-0.2, -0.15) is 0 Å². The van der Waals surface area contributed by atoms with E-state index in [2.05, 4.69) is 44.8 Å². The lowest BCUT2D eigenvalue weighted by Crippen LogP contribution is -2.41. The first-order valence-corrected chi connectivity index (χ1v) is 5.47. The van der Waals surface area contributed by atoms with Crippen molar-refractivity contribution in [2.45, 2.75) is 58.7 Å². The van der Waals surface area contributed by atoms with Gasteiger partial charge in [0.1, 0.15) is 0 Å². The smallest absolute Gasteiger partial charge is 0.0240 e. The normalized spacial score (nSPS) is 27.5. The number of nitrogens with zero attached hydrogens (tertiary/aromatic N) is 1. The summed E-state index contributed by atoms with van der Waals surface area (Å²) in [5.74, 6) is 0. The van der Waals surface area contributed by atoms with Crippen LogP contribution in [0.15, 0.2) is 0 Å². The van der Waals surface area contributed by atoms with Gasteiger partial charge < -0.3 is 5.32 Å². The number of hydrogen-bond acceptors (Lipinski definition) is 2. The van der Waals surface area contributed by atoms with Crippen LogP contribution in [0.2, 0.25) is 0 Å². The molecule has 1 N–H and O–H groups in total. The van der Waals surface area contributed by atoms with E-state index in [1.54, 1.807) is 0 Å². The summed E-state index contributed by atoms with van der Waals surface area (Å²) in [6.45, 7) is 13.7. The highest BCUT2D eigenvalue weighted by atomic mass is 15.2. The Balaban J connectivity index is 2.53. The lowest BCUT2D eigenvalue weighted by molar-refractivity contribution is 0.168. The molecule has 0 aromatic carbocycles.